The van der Waals surface area contributed by atoms with Crippen molar-refractivity contribution in [1.82, 2.24) is 20.0 Å². The van der Waals surface area contributed by atoms with Crippen molar-refractivity contribution in [3.8, 4) is 0 Å². The van der Waals surface area contributed by atoms with Gasteiger partial charge in [0.2, 0.25) is 0 Å². The molecule has 124 valence electrons. The van der Waals surface area contributed by atoms with Crippen LogP contribution in [0.1, 0.15) is 25.1 Å². The van der Waals surface area contributed by atoms with Gasteiger partial charge in [0.05, 0.1) is 24.4 Å². The summed E-state index contributed by atoms with van der Waals surface area (Å²) in [5.74, 6) is 0. The molecule has 0 saturated carbocycles. The van der Waals surface area contributed by atoms with Gasteiger partial charge in [0, 0.05) is 11.8 Å². The number of nitrogens with zero attached hydrogens (tertiary/aromatic N) is 3. The summed E-state index contributed by atoms with van der Waals surface area (Å²) in [5.41, 5.74) is -2.62. The Balaban J connectivity index is 2.55. The average molecular weight is 338 g/mol. The zero-order valence-electron chi connectivity index (χ0n) is 12.5. The molecular formula is C12H11B2F3N4O3. The Bertz CT molecular complexity index is 803. The quantitative estimate of drug-likeness (QED) is 0.465. The molecule has 1 unspecified atom stereocenters. The molecule has 0 amide bonds. The molecule has 0 aromatic carbocycles. The van der Waals surface area contributed by atoms with E-state index < -0.39 is 34.3 Å². The van der Waals surface area contributed by atoms with E-state index in [1.54, 1.807) is 0 Å². The molecule has 2 aromatic rings. The molecule has 12 heteroatoms. The molecular weight excluding hydrogens is 327 g/mol. The van der Waals surface area contributed by atoms with Gasteiger partial charge in [0.15, 0.2) is 5.69 Å². The average Bonchev–Trinajstić information content (AvgIpc) is 2.87. The maximum atomic E-state index is 13.1. The topological polar surface area (TPSA) is 89.9 Å². The number of alkyl halides is 3. The molecule has 1 N–H and O–H groups in total. The Hall–Kier alpha value is -2.10. The fourth-order valence-corrected chi connectivity index (χ4v) is 2.09. The van der Waals surface area contributed by atoms with E-state index in [4.69, 9.17) is 20.4 Å². The number of ether oxygens (including phenoxy) is 1. The molecule has 1 atom stereocenters. The van der Waals surface area contributed by atoms with E-state index in [1.165, 1.54) is 6.92 Å². The second kappa shape index (κ2) is 6.42. The van der Waals surface area contributed by atoms with Crippen LogP contribution < -0.4 is 5.56 Å². The van der Waals surface area contributed by atoms with Gasteiger partial charge in [-0.3, -0.25) is 9.48 Å². The number of aromatic amines is 1. The number of H-pyrrole nitrogens is 1. The zero-order valence-corrected chi connectivity index (χ0v) is 12.5. The molecule has 0 aliphatic heterocycles. The first-order valence-electron chi connectivity index (χ1n) is 6.78. The summed E-state index contributed by atoms with van der Waals surface area (Å²) in [6.45, 7) is 1.25. The Kier molecular flexibility index (Phi) is 4.88. The van der Waals surface area contributed by atoms with Crippen molar-refractivity contribution in [2.24, 2.45) is 0 Å². The van der Waals surface area contributed by atoms with Crippen LogP contribution >= 0.6 is 0 Å². The number of nitrogens with one attached hydrogen (secondary N) is 1. The number of hydrogen-bond donors (Lipinski definition) is 1. The summed E-state index contributed by atoms with van der Waals surface area (Å²) >= 11 is 0. The van der Waals surface area contributed by atoms with E-state index in [0.29, 0.717) is 6.29 Å². The second-order valence-electron chi connectivity index (χ2n) is 5.08. The van der Waals surface area contributed by atoms with Gasteiger partial charge in [-0.15, -0.1) is 0 Å². The van der Waals surface area contributed by atoms with Gasteiger partial charge >= 0.3 is 6.18 Å². The van der Waals surface area contributed by atoms with Crippen LogP contribution in [-0.4, -0.2) is 54.0 Å². The van der Waals surface area contributed by atoms with Crippen molar-refractivity contribution in [1.29, 1.82) is 0 Å². The minimum atomic E-state index is -4.86. The number of rotatable bonds is 6. The fourth-order valence-electron chi connectivity index (χ4n) is 2.09. The van der Waals surface area contributed by atoms with Crippen LogP contribution in [0.3, 0.4) is 0 Å². The zero-order chi connectivity index (χ0) is 18.1. The van der Waals surface area contributed by atoms with E-state index in [9.17, 15) is 22.8 Å². The highest BCUT2D eigenvalue weighted by atomic mass is 19.4. The summed E-state index contributed by atoms with van der Waals surface area (Å²) in [6.07, 6.45) is -3.26. The highest BCUT2D eigenvalue weighted by Gasteiger charge is 2.40. The number of carbonyl (C=O) groups is 1. The molecule has 7 nitrogen and oxygen atoms in total. The van der Waals surface area contributed by atoms with Gasteiger partial charge in [-0.1, -0.05) is 0 Å². The summed E-state index contributed by atoms with van der Waals surface area (Å²) in [6, 6.07) is -1.09. The number of aldehydes is 1. The Morgan fingerprint density at radius 3 is 2.71 bits per heavy atom. The summed E-state index contributed by atoms with van der Waals surface area (Å²) in [5, 5.41) is 6.24. The number of hydrogen-bond acceptors (Lipinski definition) is 5. The highest BCUT2D eigenvalue weighted by molar-refractivity contribution is 6.39. The smallest absolute Gasteiger partial charge is 0.392 e. The summed E-state index contributed by atoms with van der Waals surface area (Å²) in [4.78, 5) is 22.0. The molecule has 0 saturated heterocycles. The normalized spacial score (nSPS) is 14.0. The van der Waals surface area contributed by atoms with Crippen molar-refractivity contribution >= 4 is 32.9 Å². The van der Waals surface area contributed by atoms with Gasteiger partial charge in [0.25, 0.3) is 5.56 Å². The van der Waals surface area contributed by atoms with Crippen LogP contribution in [0.4, 0.5) is 13.2 Å². The van der Waals surface area contributed by atoms with Crippen molar-refractivity contribution in [2.45, 2.75) is 31.0 Å². The standard InChI is InChI=1S/C12H11B2F3N4O3/c1-6(11(13,14)24-4-2-3-22)21-7-5-18-19-10(23)8(7)9(20-21)12(15,16)17/h3,5-6H,2,4H2,1H3,(H,19,23). The van der Waals surface area contributed by atoms with E-state index in [1.807, 2.05) is 5.10 Å². The predicted octanol–water partition coefficient (Wildman–Crippen LogP) is 0.296. The Morgan fingerprint density at radius 2 is 2.12 bits per heavy atom. The van der Waals surface area contributed by atoms with Crippen molar-refractivity contribution in [3.63, 3.8) is 0 Å². The summed E-state index contributed by atoms with van der Waals surface area (Å²) in [7, 11) is 11.5. The van der Waals surface area contributed by atoms with Crippen LogP contribution in [0, 0.1) is 0 Å². The van der Waals surface area contributed by atoms with Crippen LogP contribution in [0.5, 0.6) is 0 Å². The van der Waals surface area contributed by atoms with Gasteiger partial charge in [-0.25, -0.2) is 5.10 Å². The van der Waals surface area contributed by atoms with Crippen molar-refractivity contribution < 1.29 is 22.7 Å². The van der Waals surface area contributed by atoms with Crippen molar-refractivity contribution in [2.75, 3.05) is 6.61 Å². The Morgan fingerprint density at radius 1 is 1.46 bits per heavy atom. The van der Waals surface area contributed by atoms with Gasteiger partial charge in [-0.2, -0.15) is 23.4 Å². The molecule has 0 bridgehead atoms. The predicted molar refractivity (Wildman–Crippen MR) is 78.7 cm³/mol. The monoisotopic (exact) mass is 338 g/mol. The molecule has 0 aliphatic carbocycles. The lowest BCUT2D eigenvalue weighted by Crippen LogP contribution is -2.43. The molecule has 24 heavy (non-hydrogen) atoms. The lowest BCUT2D eigenvalue weighted by atomic mass is 9.61. The first-order valence-corrected chi connectivity index (χ1v) is 6.78. The second-order valence-corrected chi connectivity index (χ2v) is 5.08. The van der Waals surface area contributed by atoms with Gasteiger partial charge < -0.3 is 9.53 Å². The molecule has 4 radical (unpaired) electrons. The lowest BCUT2D eigenvalue weighted by molar-refractivity contribution is -0.140. The fraction of sp³-hybridized carbons (Fsp3) is 0.500. The van der Waals surface area contributed by atoms with Gasteiger partial charge in [0.1, 0.15) is 27.4 Å². The van der Waals surface area contributed by atoms with Crippen molar-refractivity contribution in [3.05, 3.63) is 22.2 Å². The van der Waals surface area contributed by atoms with E-state index in [2.05, 4.69) is 10.2 Å². The number of carbonyl (C=O) groups excluding carboxylic acids is 1. The maximum absolute atomic E-state index is 13.1. The van der Waals surface area contributed by atoms with Crippen LogP contribution in [0.25, 0.3) is 10.9 Å². The van der Waals surface area contributed by atoms with E-state index in [0.717, 1.165) is 10.9 Å². The largest absolute Gasteiger partial charge is 0.435 e. The number of fused-ring (bicyclic) bond motifs is 1. The third kappa shape index (κ3) is 3.37. The minimum absolute atomic E-state index is 0.0117. The minimum Gasteiger partial charge on any atom is -0.392 e. The molecule has 0 fully saturated rings. The first kappa shape index (κ1) is 18.2. The molecule has 2 aromatic heterocycles. The number of halogens is 3. The maximum Gasteiger partial charge on any atom is 0.435 e. The SMILES string of the molecule is [B]C([B])(OCCC=O)C(C)n1nc(C(F)(F)F)c2c(=O)[nH]ncc21. The Labute approximate surface area is 136 Å². The molecule has 0 spiro atoms. The van der Waals surface area contributed by atoms with Crippen LogP contribution in [-0.2, 0) is 15.7 Å². The first-order chi connectivity index (χ1) is 11.1. The summed E-state index contributed by atoms with van der Waals surface area (Å²) < 4.78 is 45.4. The molecule has 2 heterocycles. The highest BCUT2D eigenvalue weighted by Crippen LogP contribution is 2.34. The third-order valence-electron chi connectivity index (χ3n) is 3.40. The van der Waals surface area contributed by atoms with Crippen LogP contribution in [0.2, 0.25) is 0 Å². The van der Waals surface area contributed by atoms with Gasteiger partial charge in [-0.05, 0) is 6.92 Å². The molecule has 2 rings (SSSR count). The van der Waals surface area contributed by atoms with E-state index >= 15 is 0 Å². The molecule has 0 aliphatic rings. The van der Waals surface area contributed by atoms with Crippen LogP contribution in [0.15, 0.2) is 11.0 Å². The number of aromatic nitrogens is 4. The third-order valence-corrected chi connectivity index (χ3v) is 3.40. The lowest BCUT2D eigenvalue weighted by Gasteiger charge is -2.33. The van der Waals surface area contributed by atoms with E-state index in [-0.39, 0.29) is 18.5 Å².